The smallest absolute Gasteiger partial charge is 0.00919 e. The molecule has 0 saturated carbocycles. The van der Waals surface area contributed by atoms with E-state index < -0.39 is 0 Å². The fourth-order valence-corrected chi connectivity index (χ4v) is 3.33. The Kier molecular flexibility index (Phi) is 6.24. The Labute approximate surface area is 136 Å². The molecule has 2 aromatic rings. The highest BCUT2D eigenvalue weighted by atomic mass is 14.2. The lowest BCUT2D eigenvalue weighted by Crippen LogP contribution is -2.04. The second-order valence-electron chi connectivity index (χ2n) is 6.55. The van der Waals surface area contributed by atoms with E-state index in [2.05, 4.69) is 70.2 Å². The van der Waals surface area contributed by atoms with E-state index in [1.165, 1.54) is 59.9 Å². The Morgan fingerprint density at radius 1 is 0.864 bits per heavy atom. The standard InChI is InChI=1S/C22H30/c1-5-7-9-22(21-15-10-17(3)16-18(21)4)20-13-11-19(8-6-2)12-14-20/h10-16,22H,5-9H2,1-4H3. The van der Waals surface area contributed by atoms with Gasteiger partial charge in [0.2, 0.25) is 0 Å². The third-order valence-electron chi connectivity index (χ3n) is 4.57. The molecule has 0 aliphatic heterocycles. The van der Waals surface area contributed by atoms with Gasteiger partial charge >= 0.3 is 0 Å². The van der Waals surface area contributed by atoms with Crippen LogP contribution in [0, 0.1) is 13.8 Å². The first-order valence-corrected chi connectivity index (χ1v) is 8.81. The summed E-state index contributed by atoms with van der Waals surface area (Å²) in [5.41, 5.74) is 7.22. The zero-order chi connectivity index (χ0) is 15.9. The van der Waals surface area contributed by atoms with E-state index in [4.69, 9.17) is 0 Å². The summed E-state index contributed by atoms with van der Waals surface area (Å²) in [6, 6.07) is 16.3. The molecule has 0 N–H and O–H groups in total. The summed E-state index contributed by atoms with van der Waals surface area (Å²) in [7, 11) is 0. The maximum atomic E-state index is 2.35. The van der Waals surface area contributed by atoms with Gasteiger partial charge in [-0.2, -0.15) is 0 Å². The summed E-state index contributed by atoms with van der Waals surface area (Å²) in [4.78, 5) is 0. The second-order valence-corrected chi connectivity index (χ2v) is 6.55. The van der Waals surface area contributed by atoms with Crippen LogP contribution in [0.25, 0.3) is 0 Å². The minimum Gasteiger partial charge on any atom is -0.0654 e. The molecule has 22 heavy (non-hydrogen) atoms. The van der Waals surface area contributed by atoms with Gasteiger partial charge in [-0.15, -0.1) is 0 Å². The summed E-state index contributed by atoms with van der Waals surface area (Å²) >= 11 is 0. The fourth-order valence-electron chi connectivity index (χ4n) is 3.33. The molecule has 2 rings (SSSR count). The average Bonchev–Trinajstić information content (AvgIpc) is 2.51. The van der Waals surface area contributed by atoms with Crippen LogP contribution in [-0.4, -0.2) is 0 Å². The van der Waals surface area contributed by atoms with Crippen molar-refractivity contribution < 1.29 is 0 Å². The molecule has 0 aromatic heterocycles. The van der Waals surface area contributed by atoms with Crippen molar-refractivity contribution in [3.8, 4) is 0 Å². The Bertz CT molecular complexity index is 577. The molecule has 2 aromatic carbocycles. The first-order chi connectivity index (χ1) is 10.7. The Morgan fingerprint density at radius 2 is 1.59 bits per heavy atom. The number of hydrogen-bond donors (Lipinski definition) is 0. The molecule has 118 valence electrons. The van der Waals surface area contributed by atoms with Gasteiger partial charge in [-0.3, -0.25) is 0 Å². The Balaban J connectivity index is 2.32. The molecule has 1 unspecified atom stereocenters. The molecule has 0 bridgehead atoms. The minimum absolute atomic E-state index is 0.538. The van der Waals surface area contributed by atoms with Gasteiger partial charge in [0.05, 0.1) is 0 Å². The zero-order valence-corrected chi connectivity index (χ0v) is 14.7. The molecular formula is C22H30. The van der Waals surface area contributed by atoms with E-state index in [-0.39, 0.29) is 0 Å². The molecule has 0 radical (unpaired) electrons. The molecular weight excluding hydrogens is 264 g/mol. The SMILES string of the molecule is CCCCC(c1ccc(CCC)cc1)c1ccc(C)cc1C. The van der Waals surface area contributed by atoms with Gasteiger partial charge in [-0.05, 0) is 48.9 Å². The third kappa shape index (κ3) is 4.22. The van der Waals surface area contributed by atoms with Crippen LogP contribution in [0.3, 0.4) is 0 Å². The van der Waals surface area contributed by atoms with Gasteiger partial charge in [0, 0.05) is 5.92 Å². The maximum absolute atomic E-state index is 2.35. The van der Waals surface area contributed by atoms with Crippen molar-refractivity contribution in [2.75, 3.05) is 0 Å². The third-order valence-corrected chi connectivity index (χ3v) is 4.57. The van der Waals surface area contributed by atoms with Crippen molar-refractivity contribution in [1.82, 2.24) is 0 Å². The van der Waals surface area contributed by atoms with Crippen molar-refractivity contribution in [3.63, 3.8) is 0 Å². The number of unbranched alkanes of at least 4 members (excludes halogenated alkanes) is 1. The van der Waals surface area contributed by atoms with E-state index in [1.807, 2.05) is 0 Å². The van der Waals surface area contributed by atoms with Crippen molar-refractivity contribution in [2.24, 2.45) is 0 Å². The molecule has 0 aliphatic rings. The van der Waals surface area contributed by atoms with E-state index in [9.17, 15) is 0 Å². The molecule has 0 fully saturated rings. The topological polar surface area (TPSA) is 0 Å². The number of rotatable bonds is 7. The molecule has 0 spiro atoms. The first kappa shape index (κ1) is 16.8. The largest absolute Gasteiger partial charge is 0.0654 e. The van der Waals surface area contributed by atoms with Crippen LogP contribution in [0.15, 0.2) is 42.5 Å². The summed E-state index contributed by atoms with van der Waals surface area (Å²) in [5.74, 6) is 0.538. The molecule has 0 heteroatoms. The predicted octanol–water partition coefficient (Wildman–Crippen LogP) is 6.58. The van der Waals surface area contributed by atoms with Crippen molar-refractivity contribution in [1.29, 1.82) is 0 Å². The molecule has 1 atom stereocenters. The molecule has 0 aliphatic carbocycles. The van der Waals surface area contributed by atoms with Gasteiger partial charge in [-0.1, -0.05) is 81.1 Å². The van der Waals surface area contributed by atoms with Crippen molar-refractivity contribution in [3.05, 3.63) is 70.3 Å². The molecule has 0 amide bonds. The first-order valence-electron chi connectivity index (χ1n) is 8.81. The van der Waals surface area contributed by atoms with Gasteiger partial charge in [0.25, 0.3) is 0 Å². The van der Waals surface area contributed by atoms with Crippen LogP contribution in [0.4, 0.5) is 0 Å². The minimum atomic E-state index is 0.538. The highest BCUT2D eigenvalue weighted by molar-refractivity contribution is 5.40. The van der Waals surface area contributed by atoms with Gasteiger partial charge < -0.3 is 0 Å². The predicted molar refractivity (Wildman–Crippen MR) is 97.7 cm³/mol. The fraction of sp³-hybridized carbons (Fsp3) is 0.455. The Hall–Kier alpha value is -1.56. The van der Waals surface area contributed by atoms with E-state index in [0.29, 0.717) is 5.92 Å². The second kappa shape index (κ2) is 8.17. The average molecular weight is 294 g/mol. The van der Waals surface area contributed by atoms with Crippen molar-refractivity contribution in [2.45, 2.75) is 65.7 Å². The van der Waals surface area contributed by atoms with Gasteiger partial charge in [0.15, 0.2) is 0 Å². The highest BCUT2D eigenvalue weighted by Crippen LogP contribution is 2.32. The maximum Gasteiger partial charge on any atom is 0.00919 e. The summed E-state index contributed by atoms with van der Waals surface area (Å²) in [5, 5.41) is 0. The lowest BCUT2D eigenvalue weighted by molar-refractivity contribution is 0.647. The van der Waals surface area contributed by atoms with Crippen LogP contribution in [0.5, 0.6) is 0 Å². The van der Waals surface area contributed by atoms with E-state index >= 15 is 0 Å². The summed E-state index contributed by atoms with van der Waals surface area (Å²) < 4.78 is 0. The normalized spacial score (nSPS) is 12.4. The van der Waals surface area contributed by atoms with Crippen molar-refractivity contribution >= 4 is 0 Å². The zero-order valence-electron chi connectivity index (χ0n) is 14.7. The number of hydrogen-bond acceptors (Lipinski definition) is 0. The van der Waals surface area contributed by atoms with E-state index in [1.54, 1.807) is 0 Å². The van der Waals surface area contributed by atoms with Crippen LogP contribution >= 0.6 is 0 Å². The summed E-state index contributed by atoms with van der Waals surface area (Å²) in [6.45, 7) is 8.96. The van der Waals surface area contributed by atoms with Crippen LogP contribution in [0.1, 0.15) is 73.3 Å². The quantitative estimate of drug-likeness (QED) is 0.541. The molecule has 0 heterocycles. The molecule has 0 saturated heterocycles. The highest BCUT2D eigenvalue weighted by Gasteiger charge is 2.15. The number of aryl methyl sites for hydroxylation is 3. The lowest BCUT2D eigenvalue weighted by atomic mass is 9.84. The van der Waals surface area contributed by atoms with Crippen LogP contribution in [0.2, 0.25) is 0 Å². The monoisotopic (exact) mass is 294 g/mol. The van der Waals surface area contributed by atoms with E-state index in [0.717, 1.165) is 0 Å². The van der Waals surface area contributed by atoms with Crippen LogP contribution < -0.4 is 0 Å². The number of benzene rings is 2. The van der Waals surface area contributed by atoms with Gasteiger partial charge in [-0.25, -0.2) is 0 Å². The molecule has 0 nitrogen and oxygen atoms in total. The summed E-state index contributed by atoms with van der Waals surface area (Å²) in [6.07, 6.45) is 6.19. The van der Waals surface area contributed by atoms with Gasteiger partial charge in [0.1, 0.15) is 0 Å². The van der Waals surface area contributed by atoms with Crippen LogP contribution in [-0.2, 0) is 6.42 Å². The lowest BCUT2D eigenvalue weighted by Gasteiger charge is -2.21. The Morgan fingerprint density at radius 3 is 2.18 bits per heavy atom.